The summed E-state index contributed by atoms with van der Waals surface area (Å²) in [7, 11) is 3.51. The van der Waals surface area contributed by atoms with E-state index in [0.717, 1.165) is 49.9 Å². The van der Waals surface area contributed by atoms with E-state index in [1.807, 2.05) is 13.0 Å². The summed E-state index contributed by atoms with van der Waals surface area (Å²) < 4.78 is 7.49. The molecule has 6 nitrogen and oxygen atoms in total. The number of guanidine groups is 1. The molecule has 0 radical (unpaired) electrons. The maximum Gasteiger partial charge on any atom is 0.190 e. The Labute approximate surface area is 179 Å². The van der Waals surface area contributed by atoms with Crippen molar-refractivity contribution < 1.29 is 4.74 Å². The normalized spacial score (nSPS) is 11.1. The molecule has 2 N–H and O–H groups in total. The highest BCUT2D eigenvalue weighted by atomic mass is 127. The average Bonchev–Trinajstić information content (AvgIpc) is 2.94. The van der Waals surface area contributed by atoms with E-state index in [1.165, 1.54) is 16.8 Å². The Morgan fingerprint density at radius 3 is 2.52 bits per heavy atom. The standard InChI is InChI=1S/C20H31N5O.HI/c1-15-7-8-19(26-5)18(13-15)9-11-23-20(21-4)22-10-6-12-25-17(3)14-16(2)24-25;/h7-8,13-14H,6,9-12H2,1-5H3,(H2,21,22,23);1H. The van der Waals surface area contributed by atoms with Gasteiger partial charge in [0.1, 0.15) is 5.75 Å². The molecule has 0 saturated heterocycles. The summed E-state index contributed by atoms with van der Waals surface area (Å²) in [4.78, 5) is 4.29. The molecule has 1 heterocycles. The van der Waals surface area contributed by atoms with Crippen LogP contribution in [0, 0.1) is 20.8 Å². The van der Waals surface area contributed by atoms with Gasteiger partial charge in [0.2, 0.25) is 0 Å². The Hall–Kier alpha value is -1.77. The zero-order chi connectivity index (χ0) is 18.9. The highest BCUT2D eigenvalue weighted by Crippen LogP contribution is 2.19. The lowest BCUT2D eigenvalue weighted by atomic mass is 10.1. The van der Waals surface area contributed by atoms with Crippen molar-refractivity contribution in [2.45, 2.75) is 40.2 Å². The molecule has 7 heteroatoms. The summed E-state index contributed by atoms with van der Waals surface area (Å²) in [6.07, 6.45) is 1.88. The summed E-state index contributed by atoms with van der Waals surface area (Å²) in [5.74, 6) is 1.76. The lowest BCUT2D eigenvalue weighted by Crippen LogP contribution is -2.39. The van der Waals surface area contributed by atoms with Crippen molar-refractivity contribution in [3.8, 4) is 5.75 Å². The molecule has 0 fully saturated rings. The van der Waals surface area contributed by atoms with Crippen LogP contribution in [-0.2, 0) is 13.0 Å². The Kier molecular flexibility index (Phi) is 10.2. The molecule has 27 heavy (non-hydrogen) atoms. The predicted molar refractivity (Wildman–Crippen MR) is 123 cm³/mol. The number of nitrogens with zero attached hydrogens (tertiary/aromatic N) is 3. The summed E-state index contributed by atoms with van der Waals surface area (Å²) in [6.45, 7) is 8.77. The van der Waals surface area contributed by atoms with Gasteiger partial charge in [-0.2, -0.15) is 5.10 Å². The van der Waals surface area contributed by atoms with Gasteiger partial charge in [0.05, 0.1) is 12.8 Å². The van der Waals surface area contributed by atoms with Crippen LogP contribution in [0.15, 0.2) is 29.3 Å². The number of ether oxygens (including phenoxy) is 1. The topological polar surface area (TPSA) is 63.5 Å². The van der Waals surface area contributed by atoms with Gasteiger partial charge in [-0.05, 0) is 51.3 Å². The maximum absolute atomic E-state index is 5.44. The lowest BCUT2D eigenvalue weighted by Gasteiger charge is -2.14. The second-order valence-electron chi connectivity index (χ2n) is 6.49. The third-order valence-electron chi connectivity index (χ3n) is 4.29. The van der Waals surface area contributed by atoms with E-state index in [9.17, 15) is 0 Å². The van der Waals surface area contributed by atoms with Crippen molar-refractivity contribution in [2.75, 3.05) is 27.2 Å². The molecule has 0 aliphatic heterocycles. The molecule has 0 atom stereocenters. The van der Waals surface area contributed by atoms with Crippen molar-refractivity contribution in [2.24, 2.45) is 4.99 Å². The molecule has 1 aromatic heterocycles. The zero-order valence-corrected chi connectivity index (χ0v) is 19.3. The quantitative estimate of drug-likeness (QED) is 0.261. The average molecular weight is 485 g/mol. The summed E-state index contributed by atoms with van der Waals surface area (Å²) in [6, 6.07) is 8.37. The highest BCUT2D eigenvalue weighted by molar-refractivity contribution is 14.0. The predicted octanol–water partition coefficient (Wildman–Crippen LogP) is 3.23. The van der Waals surface area contributed by atoms with Crippen molar-refractivity contribution in [1.82, 2.24) is 20.4 Å². The number of halogens is 1. The van der Waals surface area contributed by atoms with Crippen molar-refractivity contribution in [1.29, 1.82) is 0 Å². The fraction of sp³-hybridized carbons (Fsp3) is 0.500. The van der Waals surface area contributed by atoms with Gasteiger partial charge in [-0.1, -0.05) is 17.7 Å². The fourth-order valence-corrected chi connectivity index (χ4v) is 2.98. The van der Waals surface area contributed by atoms with E-state index in [4.69, 9.17) is 4.74 Å². The zero-order valence-electron chi connectivity index (χ0n) is 17.0. The highest BCUT2D eigenvalue weighted by Gasteiger charge is 2.04. The third-order valence-corrected chi connectivity index (χ3v) is 4.29. The molecule has 0 unspecified atom stereocenters. The Balaban J connectivity index is 0.00000364. The Morgan fingerprint density at radius 2 is 1.89 bits per heavy atom. The SMILES string of the molecule is CN=C(NCCCn1nc(C)cc1C)NCCc1cc(C)ccc1OC.I. The van der Waals surface area contributed by atoms with Gasteiger partial charge in [-0.3, -0.25) is 9.67 Å². The smallest absolute Gasteiger partial charge is 0.190 e. The van der Waals surface area contributed by atoms with Crippen LogP contribution in [0.5, 0.6) is 5.75 Å². The number of nitrogens with one attached hydrogen (secondary N) is 2. The molecular formula is C20H32IN5O. The lowest BCUT2D eigenvalue weighted by molar-refractivity contribution is 0.409. The first-order valence-corrected chi connectivity index (χ1v) is 9.12. The second-order valence-corrected chi connectivity index (χ2v) is 6.49. The number of aromatic nitrogens is 2. The largest absolute Gasteiger partial charge is 0.496 e. The molecule has 0 spiro atoms. The number of rotatable bonds is 8. The number of aliphatic imine (C=N–C) groups is 1. The Bertz CT molecular complexity index is 742. The van der Waals surface area contributed by atoms with Gasteiger partial charge in [-0.15, -0.1) is 24.0 Å². The molecule has 1 aromatic carbocycles. The van der Waals surface area contributed by atoms with Crippen LogP contribution in [0.25, 0.3) is 0 Å². The number of aryl methyl sites for hydroxylation is 4. The van der Waals surface area contributed by atoms with Crippen molar-refractivity contribution in [3.63, 3.8) is 0 Å². The summed E-state index contributed by atoms with van der Waals surface area (Å²) in [5.41, 5.74) is 4.73. The van der Waals surface area contributed by atoms with Gasteiger partial charge in [0, 0.05) is 32.4 Å². The van der Waals surface area contributed by atoms with Crippen LogP contribution in [0.1, 0.15) is 28.9 Å². The molecule has 2 aromatic rings. The van der Waals surface area contributed by atoms with E-state index in [0.29, 0.717) is 0 Å². The molecular weight excluding hydrogens is 453 g/mol. The minimum Gasteiger partial charge on any atom is -0.496 e. The third kappa shape index (κ3) is 7.40. The van der Waals surface area contributed by atoms with Crippen LogP contribution in [0.3, 0.4) is 0 Å². The van der Waals surface area contributed by atoms with Gasteiger partial charge in [0.25, 0.3) is 0 Å². The molecule has 0 bridgehead atoms. The van der Waals surface area contributed by atoms with Crippen LogP contribution in [0.2, 0.25) is 0 Å². The van der Waals surface area contributed by atoms with Crippen molar-refractivity contribution in [3.05, 3.63) is 46.8 Å². The first kappa shape index (κ1) is 23.3. The van der Waals surface area contributed by atoms with E-state index in [1.54, 1.807) is 14.2 Å². The van der Waals surface area contributed by atoms with E-state index < -0.39 is 0 Å². The van der Waals surface area contributed by atoms with E-state index in [-0.39, 0.29) is 24.0 Å². The minimum atomic E-state index is 0. The number of hydrogen-bond acceptors (Lipinski definition) is 3. The van der Waals surface area contributed by atoms with Crippen molar-refractivity contribution >= 4 is 29.9 Å². The molecule has 150 valence electrons. The Morgan fingerprint density at radius 1 is 1.15 bits per heavy atom. The molecule has 0 aliphatic rings. The van der Waals surface area contributed by atoms with Gasteiger partial charge < -0.3 is 15.4 Å². The fourth-order valence-electron chi connectivity index (χ4n) is 2.98. The monoisotopic (exact) mass is 485 g/mol. The second kappa shape index (κ2) is 11.8. The first-order chi connectivity index (χ1) is 12.5. The van der Waals surface area contributed by atoms with E-state index >= 15 is 0 Å². The van der Waals surface area contributed by atoms with Gasteiger partial charge in [0.15, 0.2) is 5.96 Å². The van der Waals surface area contributed by atoms with Crippen LogP contribution in [-0.4, -0.2) is 43.0 Å². The molecule has 2 rings (SSSR count). The van der Waals surface area contributed by atoms with Gasteiger partial charge in [-0.25, -0.2) is 0 Å². The summed E-state index contributed by atoms with van der Waals surface area (Å²) >= 11 is 0. The van der Waals surface area contributed by atoms with E-state index in [2.05, 4.69) is 57.5 Å². The van der Waals surface area contributed by atoms with Crippen LogP contribution >= 0.6 is 24.0 Å². The number of hydrogen-bond donors (Lipinski definition) is 2. The minimum absolute atomic E-state index is 0. The van der Waals surface area contributed by atoms with Crippen LogP contribution in [0.4, 0.5) is 0 Å². The molecule has 0 amide bonds. The van der Waals surface area contributed by atoms with Crippen LogP contribution < -0.4 is 15.4 Å². The molecule has 0 saturated carbocycles. The molecule has 0 aliphatic carbocycles. The summed E-state index contributed by atoms with van der Waals surface area (Å²) in [5, 5.41) is 11.2. The first-order valence-electron chi connectivity index (χ1n) is 9.12. The number of benzene rings is 1. The van der Waals surface area contributed by atoms with Gasteiger partial charge >= 0.3 is 0 Å². The maximum atomic E-state index is 5.44. The number of methoxy groups -OCH3 is 1.